The van der Waals surface area contributed by atoms with Gasteiger partial charge in [0.2, 0.25) is 0 Å². The van der Waals surface area contributed by atoms with Crippen molar-refractivity contribution < 1.29 is 4.74 Å². The second-order valence-electron chi connectivity index (χ2n) is 4.28. The first-order valence-electron chi connectivity index (χ1n) is 5.92. The third-order valence-electron chi connectivity index (χ3n) is 2.88. The van der Waals surface area contributed by atoms with E-state index in [1.807, 2.05) is 37.3 Å². The largest absolute Gasteiger partial charge is 0.495 e. The van der Waals surface area contributed by atoms with Gasteiger partial charge in [-0.3, -0.25) is 0 Å². The molecule has 0 aliphatic heterocycles. The van der Waals surface area contributed by atoms with Crippen LogP contribution in [0.1, 0.15) is 11.1 Å². The van der Waals surface area contributed by atoms with Crippen LogP contribution in [0.2, 0.25) is 10.0 Å². The van der Waals surface area contributed by atoms with E-state index >= 15 is 0 Å². The van der Waals surface area contributed by atoms with Crippen LogP contribution in [-0.4, -0.2) is 7.11 Å². The first-order valence-corrected chi connectivity index (χ1v) is 6.68. The lowest BCUT2D eigenvalue weighted by molar-refractivity contribution is 0.416. The van der Waals surface area contributed by atoms with E-state index in [4.69, 9.17) is 27.9 Å². The second kappa shape index (κ2) is 6.18. The maximum atomic E-state index is 6.11. The summed E-state index contributed by atoms with van der Waals surface area (Å²) in [5.74, 6) is 0.766. The second-order valence-corrected chi connectivity index (χ2v) is 5.13. The van der Waals surface area contributed by atoms with Crippen molar-refractivity contribution in [3.05, 3.63) is 57.6 Å². The average Bonchev–Trinajstić information content (AvgIpc) is 2.40. The van der Waals surface area contributed by atoms with Gasteiger partial charge < -0.3 is 10.1 Å². The van der Waals surface area contributed by atoms with Crippen LogP contribution in [0, 0.1) is 6.92 Å². The molecular formula is C15H15Cl2NO. The fourth-order valence-electron chi connectivity index (χ4n) is 1.76. The summed E-state index contributed by atoms with van der Waals surface area (Å²) in [5.41, 5.74) is 3.05. The zero-order valence-corrected chi connectivity index (χ0v) is 12.3. The highest BCUT2D eigenvalue weighted by molar-refractivity contribution is 6.31. The molecule has 2 aromatic carbocycles. The monoisotopic (exact) mass is 295 g/mol. The minimum Gasteiger partial charge on any atom is -0.495 e. The van der Waals surface area contributed by atoms with Crippen molar-refractivity contribution in [1.82, 2.24) is 0 Å². The van der Waals surface area contributed by atoms with Crippen LogP contribution in [0.25, 0.3) is 0 Å². The molecule has 0 saturated heterocycles. The molecule has 0 heterocycles. The third-order valence-corrected chi connectivity index (χ3v) is 3.52. The van der Waals surface area contributed by atoms with Crippen LogP contribution < -0.4 is 10.1 Å². The molecular weight excluding hydrogens is 281 g/mol. The van der Waals surface area contributed by atoms with Gasteiger partial charge in [-0.15, -0.1) is 0 Å². The highest BCUT2D eigenvalue weighted by atomic mass is 35.5. The molecule has 1 N–H and O–H groups in total. The summed E-state index contributed by atoms with van der Waals surface area (Å²) in [5, 5.41) is 4.75. The molecule has 0 spiro atoms. The van der Waals surface area contributed by atoms with Crippen molar-refractivity contribution >= 4 is 28.9 Å². The molecule has 0 atom stereocenters. The molecule has 0 aliphatic rings. The number of aryl methyl sites for hydroxylation is 1. The molecule has 2 nitrogen and oxygen atoms in total. The van der Waals surface area contributed by atoms with Crippen LogP contribution >= 0.6 is 23.2 Å². The van der Waals surface area contributed by atoms with Gasteiger partial charge in [-0.2, -0.15) is 0 Å². The summed E-state index contributed by atoms with van der Waals surface area (Å²) in [6.07, 6.45) is 0. The first-order chi connectivity index (χ1) is 9.10. The van der Waals surface area contributed by atoms with Crippen molar-refractivity contribution in [1.29, 1.82) is 0 Å². The summed E-state index contributed by atoms with van der Waals surface area (Å²) in [6, 6.07) is 11.5. The molecule has 19 heavy (non-hydrogen) atoms. The number of rotatable bonds is 4. The van der Waals surface area contributed by atoms with E-state index in [0.717, 1.165) is 27.6 Å². The van der Waals surface area contributed by atoms with Gasteiger partial charge in [0.15, 0.2) is 0 Å². The number of ether oxygens (including phenoxy) is 1. The van der Waals surface area contributed by atoms with Crippen LogP contribution in [-0.2, 0) is 6.54 Å². The number of halogens is 2. The van der Waals surface area contributed by atoms with Crippen molar-refractivity contribution in [3.8, 4) is 5.75 Å². The van der Waals surface area contributed by atoms with Crippen LogP contribution in [0.3, 0.4) is 0 Å². The number of hydrogen-bond donors (Lipinski definition) is 1. The lowest BCUT2D eigenvalue weighted by Gasteiger charge is -2.12. The van der Waals surface area contributed by atoms with Gasteiger partial charge in [-0.1, -0.05) is 35.3 Å². The Morgan fingerprint density at radius 3 is 2.58 bits per heavy atom. The van der Waals surface area contributed by atoms with Gasteiger partial charge in [0.25, 0.3) is 0 Å². The summed E-state index contributed by atoms with van der Waals surface area (Å²) in [4.78, 5) is 0. The molecule has 0 radical (unpaired) electrons. The molecule has 0 aromatic heterocycles. The Bertz CT molecular complexity index is 584. The fourth-order valence-corrected chi connectivity index (χ4v) is 2.14. The van der Waals surface area contributed by atoms with E-state index in [2.05, 4.69) is 5.32 Å². The number of anilines is 1. The molecule has 0 amide bonds. The third kappa shape index (κ3) is 3.55. The fraction of sp³-hybridized carbons (Fsp3) is 0.200. The number of hydrogen-bond acceptors (Lipinski definition) is 2. The summed E-state index contributed by atoms with van der Waals surface area (Å²) < 4.78 is 5.28. The van der Waals surface area contributed by atoms with Crippen molar-refractivity contribution in [2.24, 2.45) is 0 Å². The SMILES string of the molecule is COc1ccc(Cl)cc1NCc1ccc(C)c(Cl)c1. The Labute approximate surface area is 123 Å². The van der Waals surface area contributed by atoms with Crippen molar-refractivity contribution in [3.63, 3.8) is 0 Å². The predicted molar refractivity (Wildman–Crippen MR) is 81.5 cm³/mol. The molecule has 2 rings (SSSR count). The molecule has 0 bridgehead atoms. The Morgan fingerprint density at radius 2 is 1.89 bits per heavy atom. The Kier molecular flexibility index (Phi) is 4.56. The van der Waals surface area contributed by atoms with E-state index in [-0.39, 0.29) is 0 Å². The zero-order chi connectivity index (χ0) is 13.8. The lowest BCUT2D eigenvalue weighted by atomic mass is 10.1. The quantitative estimate of drug-likeness (QED) is 0.864. The zero-order valence-electron chi connectivity index (χ0n) is 10.8. The number of benzene rings is 2. The van der Waals surface area contributed by atoms with Gasteiger partial charge in [0.05, 0.1) is 12.8 Å². The maximum Gasteiger partial charge on any atom is 0.142 e. The molecule has 100 valence electrons. The highest BCUT2D eigenvalue weighted by Crippen LogP contribution is 2.28. The van der Waals surface area contributed by atoms with Gasteiger partial charge in [-0.25, -0.2) is 0 Å². The minimum absolute atomic E-state index is 0.663. The van der Waals surface area contributed by atoms with Crippen molar-refractivity contribution in [2.75, 3.05) is 12.4 Å². The van der Waals surface area contributed by atoms with Gasteiger partial charge in [0, 0.05) is 16.6 Å². The number of methoxy groups -OCH3 is 1. The number of nitrogens with one attached hydrogen (secondary N) is 1. The van der Waals surface area contributed by atoms with Gasteiger partial charge >= 0.3 is 0 Å². The molecule has 0 aliphatic carbocycles. The van der Waals surface area contributed by atoms with Crippen LogP contribution in [0.15, 0.2) is 36.4 Å². The van der Waals surface area contributed by atoms with Crippen molar-refractivity contribution in [2.45, 2.75) is 13.5 Å². The topological polar surface area (TPSA) is 21.3 Å². The molecule has 4 heteroatoms. The van der Waals surface area contributed by atoms with E-state index in [1.54, 1.807) is 13.2 Å². The Hall–Kier alpha value is -1.38. The smallest absolute Gasteiger partial charge is 0.142 e. The average molecular weight is 296 g/mol. The van der Waals surface area contributed by atoms with Gasteiger partial charge in [0.1, 0.15) is 5.75 Å². The molecule has 0 saturated carbocycles. The van der Waals surface area contributed by atoms with E-state index < -0.39 is 0 Å². The maximum absolute atomic E-state index is 6.11. The van der Waals surface area contributed by atoms with E-state index in [9.17, 15) is 0 Å². The van der Waals surface area contributed by atoms with Crippen LogP contribution in [0.5, 0.6) is 5.75 Å². The predicted octanol–water partition coefficient (Wildman–Crippen LogP) is 4.92. The molecule has 2 aromatic rings. The summed E-state index contributed by atoms with van der Waals surface area (Å²) in [6.45, 7) is 2.65. The van der Waals surface area contributed by atoms with Crippen LogP contribution in [0.4, 0.5) is 5.69 Å². The Morgan fingerprint density at radius 1 is 1.11 bits per heavy atom. The Balaban J connectivity index is 2.13. The summed E-state index contributed by atoms with van der Waals surface area (Å²) >= 11 is 12.1. The summed E-state index contributed by atoms with van der Waals surface area (Å²) in [7, 11) is 1.64. The lowest BCUT2D eigenvalue weighted by Crippen LogP contribution is -2.01. The van der Waals surface area contributed by atoms with E-state index in [0.29, 0.717) is 11.6 Å². The minimum atomic E-state index is 0.663. The standard InChI is InChI=1S/C15H15Cl2NO/c1-10-3-4-11(7-13(10)17)9-18-14-8-12(16)5-6-15(14)19-2/h3-8,18H,9H2,1-2H3. The van der Waals surface area contributed by atoms with Gasteiger partial charge in [-0.05, 0) is 42.3 Å². The molecule has 0 unspecified atom stereocenters. The normalized spacial score (nSPS) is 10.3. The van der Waals surface area contributed by atoms with E-state index in [1.165, 1.54) is 0 Å². The highest BCUT2D eigenvalue weighted by Gasteiger charge is 2.04. The first kappa shape index (κ1) is 14.0. The molecule has 0 fully saturated rings.